The molecule has 0 radical (unpaired) electrons. The third-order valence-electron chi connectivity index (χ3n) is 3.65. The summed E-state index contributed by atoms with van der Waals surface area (Å²) in [4.78, 5) is 4.05. The molecule has 0 spiro atoms. The molecule has 0 bridgehead atoms. The van der Waals surface area contributed by atoms with E-state index in [0.717, 1.165) is 5.56 Å². The van der Waals surface area contributed by atoms with E-state index >= 15 is 0 Å². The molecule has 0 aliphatic carbocycles. The van der Waals surface area contributed by atoms with Crippen molar-refractivity contribution >= 4 is 63.7 Å². The average Bonchev–Trinajstić information content (AvgIpc) is 3.07. The Balaban J connectivity index is 1.91. The second-order valence-corrected chi connectivity index (χ2v) is 7.50. The van der Waals surface area contributed by atoms with Crippen LogP contribution in [0.25, 0.3) is 0 Å². The second kappa shape index (κ2) is 8.59. The fourth-order valence-electron chi connectivity index (χ4n) is 2.40. The van der Waals surface area contributed by atoms with Crippen molar-refractivity contribution in [3.63, 3.8) is 0 Å². The summed E-state index contributed by atoms with van der Waals surface area (Å²) < 4.78 is 7.94. The van der Waals surface area contributed by atoms with Crippen molar-refractivity contribution in [2.75, 3.05) is 0 Å². The highest BCUT2D eigenvalue weighted by atomic mass is 35.5. The van der Waals surface area contributed by atoms with Crippen molar-refractivity contribution in [3.05, 3.63) is 86.3 Å². The molecule has 3 aromatic rings. The van der Waals surface area contributed by atoms with Crippen molar-refractivity contribution in [3.8, 4) is 0 Å². The van der Waals surface area contributed by atoms with Crippen LogP contribution >= 0.6 is 58.6 Å². The number of hydrogen-bond acceptors (Lipinski definition) is 3. The maximum Gasteiger partial charge on any atom is 0.193 e. The lowest BCUT2D eigenvalue weighted by molar-refractivity contribution is 0.176. The molecule has 134 valence electrons. The Morgan fingerprint density at radius 3 is 2.35 bits per heavy atom. The van der Waals surface area contributed by atoms with Gasteiger partial charge >= 0.3 is 0 Å². The van der Waals surface area contributed by atoms with E-state index in [9.17, 15) is 0 Å². The highest BCUT2D eigenvalue weighted by Crippen LogP contribution is 2.31. The fourth-order valence-corrected chi connectivity index (χ4v) is 3.77. The zero-order valence-corrected chi connectivity index (χ0v) is 17.0. The van der Waals surface area contributed by atoms with Crippen LogP contribution in [0.5, 0.6) is 0 Å². The van der Waals surface area contributed by atoms with Crippen molar-refractivity contribution in [2.24, 2.45) is 0 Å². The predicted octanol–water partition coefficient (Wildman–Crippen LogP) is 6.63. The first kappa shape index (κ1) is 19.5. The first-order chi connectivity index (χ1) is 12.4. The van der Waals surface area contributed by atoms with Crippen LogP contribution in [0, 0.1) is 0 Å². The molecule has 1 aromatic heterocycles. The molecule has 0 amide bonds. The highest BCUT2D eigenvalue weighted by molar-refractivity contribution is 7.80. The minimum Gasteiger partial charge on any atom is -0.473 e. The maximum atomic E-state index is 6.37. The first-order valence-electron chi connectivity index (χ1n) is 7.51. The normalized spacial score (nSPS) is 12.0. The van der Waals surface area contributed by atoms with Gasteiger partial charge in [-0.3, -0.25) is 0 Å². The van der Waals surface area contributed by atoms with Crippen molar-refractivity contribution < 1.29 is 4.74 Å². The SMILES string of the molecule is S=C(OC(Cn1ccnc1)c1ccc(Cl)cc1Cl)c1ccc(Cl)cc1Cl. The Morgan fingerprint density at radius 2 is 1.73 bits per heavy atom. The molecule has 1 heterocycles. The Hall–Kier alpha value is -1.30. The van der Waals surface area contributed by atoms with Crippen molar-refractivity contribution in [1.29, 1.82) is 0 Å². The number of halogens is 4. The van der Waals surface area contributed by atoms with Crippen molar-refractivity contribution in [2.45, 2.75) is 12.6 Å². The predicted molar refractivity (Wildman–Crippen MR) is 111 cm³/mol. The van der Waals surface area contributed by atoms with Crippen LogP contribution in [0.4, 0.5) is 0 Å². The van der Waals surface area contributed by atoms with Gasteiger partial charge in [0.1, 0.15) is 6.10 Å². The number of benzene rings is 2. The topological polar surface area (TPSA) is 27.1 Å². The van der Waals surface area contributed by atoms with Gasteiger partial charge in [-0.1, -0.05) is 52.5 Å². The van der Waals surface area contributed by atoms with Gasteiger partial charge in [-0.2, -0.15) is 0 Å². The first-order valence-corrected chi connectivity index (χ1v) is 9.43. The van der Waals surface area contributed by atoms with Gasteiger partial charge in [0.15, 0.2) is 5.05 Å². The molecule has 0 aliphatic rings. The van der Waals surface area contributed by atoms with E-state index in [2.05, 4.69) is 4.98 Å². The van der Waals surface area contributed by atoms with Gasteiger partial charge < -0.3 is 9.30 Å². The monoisotopic (exact) mass is 444 g/mol. The summed E-state index contributed by atoms with van der Waals surface area (Å²) in [6.45, 7) is 0.465. The van der Waals surface area contributed by atoms with Gasteiger partial charge in [0, 0.05) is 38.6 Å². The van der Waals surface area contributed by atoms with Gasteiger partial charge in [0.25, 0.3) is 0 Å². The minimum absolute atomic E-state index is 0.253. The van der Waals surface area contributed by atoms with Crippen molar-refractivity contribution in [1.82, 2.24) is 9.55 Å². The van der Waals surface area contributed by atoms with Crippen LogP contribution in [0.2, 0.25) is 20.1 Å². The summed E-state index contributed by atoms with van der Waals surface area (Å²) in [5.74, 6) is 0. The Labute approximate surface area is 176 Å². The molecular weight excluding hydrogens is 434 g/mol. The summed E-state index contributed by atoms with van der Waals surface area (Å²) in [7, 11) is 0. The third kappa shape index (κ3) is 4.70. The zero-order valence-electron chi connectivity index (χ0n) is 13.2. The third-order valence-corrected chi connectivity index (χ3v) is 5.07. The van der Waals surface area contributed by atoms with E-state index in [1.54, 1.807) is 42.9 Å². The van der Waals surface area contributed by atoms with Crippen LogP contribution in [-0.2, 0) is 11.3 Å². The summed E-state index contributed by atoms with van der Waals surface area (Å²) in [6.07, 6.45) is 4.76. The van der Waals surface area contributed by atoms with Crippen LogP contribution in [0.1, 0.15) is 17.2 Å². The Kier molecular flexibility index (Phi) is 6.43. The fraction of sp³-hybridized carbons (Fsp3) is 0.111. The number of aromatic nitrogens is 2. The second-order valence-electron chi connectivity index (χ2n) is 5.44. The van der Waals surface area contributed by atoms with E-state index in [1.807, 2.05) is 16.8 Å². The van der Waals surface area contributed by atoms with Gasteiger partial charge in [-0.05, 0) is 42.5 Å². The maximum absolute atomic E-state index is 6.37. The van der Waals surface area contributed by atoms with E-state index in [4.69, 9.17) is 63.4 Å². The van der Waals surface area contributed by atoms with Gasteiger partial charge in [-0.15, -0.1) is 0 Å². The Morgan fingerprint density at radius 1 is 1.04 bits per heavy atom. The molecule has 0 aliphatic heterocycles. The molecular formula is C18H12Cl4N2OS. The molecule has 0 fully saturated rings. The van der Waals surface area contributed by atoms with Crippen LogP contribution in [0.15, 0.2) is 55.1 Å². The molecule has 0 N–H and O–H groups in total. The number of rotatable bonds is 5. The standard InChI is InChI=1S/C18H12Cl4N2OS/c19-11-1-3-13(15(21)7-11)17(9-24-6-5-23-10-24)25-18(26)14-4-2-12(20)8-16(14)22/h1-8,10,17H,9H2. The summed E-state index contributed by atoms with van der Waals surface area (Å²) in [6, 6.07) is 10.3. The number of ether oxygens (including phenoxy) is 1. The lowest BCUT2D eigenvalue weighted by atomic mass is 10.1. The number of imidazole rings is 1. The van der Waals surface area contributed by atoms with Gasteiger partial charge in [-0.25, -0.2) is 4.98 Å². The van der Waals surface area contributed by atoms with E-state index in [-0.39, 0.29) is 5.05 Å². The number of thiocarbonyl (C=S) groups is 1. The quantitative estimate of drug-likeness (QED) is 0.412. The molecule has 3 rings (SSSR count). The summed E-state index contributed by atoms with van der Waals surface area (Å²) in [5, 5.41) is 2.24. The molecule has 1 unspecified atom stereocenters. The minimum atomic E-state index is -0.451. The molecule has 26 heavy (non-hydrogen) atoms. The molecule has 0 saturated carbocycles. The van der Waals surface area contributed by atoms with Crippen LogP contribution < -0.4 is 0 Å². The van der Waals surface area contributed by atoms with Gasteiger partial charge in [0.2, 0.25) is 0 Å². The van der Waals surface area contributed by atoms with E-state index in [1.165, 1.54) is 0 Å². The average molecular weight is 446 g/mol. The van der Waals surface area contributed by atoms with E-state index < -0.39 is 6.10 Å². The number of hydrogen-bond donors (Lipinski definition) is 0. The van der Waals surface area contributed by atoms with Crippen LogP contribution in [0.3, 0.4) is 0 Å². The van der Waals surface area contributed by atoms with Gasteiger partial charge in [0.05, 0.1) is 17.9 Å². The lowest BCUT2D eigenvalue weighted by Crippen LogP contribution is -2.16. The molecule has 0 saturated heterocycles. The van der Waals surface area contributed by atoms with E-state index in [0.29, 0.717) is 32.2 Å². The lowest BCUT2D eigenvalue weighted by Gasteiger charge is -2.22. The largest absolute Gasteiger partial charge is 0.473 e. The highest BCUT2D eigenvalue weighted by Gasteiger charge is 2.21. The Bertz CT molecular complexity index is 931. The summed E-state index contributed by atoms with van der Waals surface area (Å²) >= 11 is 30.0. The number of nitrogens with zero attached hydrogens (tertiary/aromatic N) is 2. The summed E-state index contributed by atoms with van der Waals surface area (Å²) in [5.41, 5.74) is 1.35. The van der Waals surface area contributed by atoms with Crippen LogP contribution in [-0.4, -0.2) is 14.6 Å². The smallest absolute Gasteiger partial charge is 0.193 e. The zero-order chi connectivity index (χ0) is 18.7. The molecule has 2 aromatic carbocycles. The molecule has 3 nitrogen and oxygen atoms in total. The molecule has 1 atom stereocenters. The molecule has 8 heteroatoms.